The van der Waals surface area contributed by atoms with Crippen LogP contribution in [-0.4, -0.2) is 19.6 Å². The standard InChI is InChI=1S/C22H19N5O/c1-2-5-20-19(21(28)27-22(26-20)24-14-25-27)12-15-8-10-16(11-9-15)18-7-4-3-6-17(18)13-23/h3-4,6-11,14H,2,5,12H2,1H3,(H,24,25,26). The number of nitrogens with one attached hydrogen (secondary N) is 1. The fourth-order valence-corrected chi connectivity index (χ4v) is 3.39. The molecule has 28 heavy (non-hydrogen) atoms. The molecule has 4 rings (SSSR count). The molecule has 4 aromatic rings. The van der Waals surface area contributed by atoms with Crippen molar-refractivity contribution in [3.05, 3.63) is 87.6 Å². The molecule has 0 saturated heterocycles. The predicted octanol–water partition coefficient (Wildman–Crippen LogP) is 3.50. The molecule has 0 bridgehead atoms. The molecule has 0 saturated carbocycles. The molecule has 1 N–H and O–H groups in total. The molecule has 0 aliphatic heterocycles. The van der Waals surface area contributed by atoms with Crippen LogP contribution in [0.25, 0.3) is 16.9 Å². The van der Waals surface area contributed by atoms with E-state index in [0.717, 1.165) is 35.2 Å². The molecule has 0 unspecified atom stereocenters. The summed E-state index contributed by atoms with van der Waals surface area (Å²) in [4.78, 5) is 21.5. The predicted molar refractivity (Wildman–Crippen MR) is 107 cm³/mol. The number of aromatic amines is 1. The molecule has 0 aliphatic rings. The zero-order valence-corrected chi connectivity index (χ0v) is 15.5. The Hall–Kier alpha value is -3.72. The molecule has 0 radical (unpaired) electrons. The number of nitrogens with zero attached hydrogens (tertiary/aromatic N) is 4. The van der Waals surface area contributed by atoms with Crippen molar-refractivity contribution in [2.45, 2.75) is 26.2 Å². The summed E-state index contributed by atoms with van der Waals surface area (Å²) in [5.41, 5.74) is 4.94. The average Bonchev–Trinajstić information content (AvgIpc) is 3.20. The smallest absolute Gasteiger partial charge is 0.277 e. The lowest BCUT2D eigenvalue weighted by Gasteiger charge is -2.09. The van der Waals surface area contributed by atoms with Crippen LogP contribution in [0.2, 0.25) is 0 Å². The third-order valence-corrected chi connectivity index (χ3v) is 4.79. The third kappa shape index (κ3) is 3.19. The summed E-state index contributed by atoms with van der Waals surface area (Å²) < 4.78 is 1.38. The second-order valence-electron chi connectivity index (χ2n) is 6.65. The Balaban J connectivity index is 1.70. The van der Waals surface area contributed by atoms with Crippen LogP contribution in [-0.2, 0) is 12.8 Å². The molecule has 6 heteroatoms. The Bertz CT molecular complexity index is 1230. The molecule has 2 aromatic carbocycles. The molecular formula is C22H19N5O. The average molecular weight is 369 g/mol. The normalized spacial score (nSPS) is 10.9. The van der Waals surface area contributed by atoms with Crippen LogP contribution in [0.4, 0.5) is 0 Å². The summed E-state index contributed by atoms with van der Waals surface area (Å²) in [7, 11) is 0. The molecule has 0 amide bonds. The van der Waals surface area contributed by atoms with E-state index >= 15 is 0 Å². The van der Waals surface area contributed by atoms with Gasteiger partial charge in [-0.05, 0) is 29.2 Å². The van der Waals surface area contributed by atoms with Crippen LogP contribution in [0, 0.1) is 11.3 Å². The first-order chi connectivity index (χ1) is 13.7. The molecule has 0 fully saturated rings. The van der Waals surface area contributed by atoms with E-state index in [1.165, 1.54) is 10.8 Å². The number of aromatic nitrogens is 4. The summed E-state index contributed by atoms with van der Waals surface area (Å²) in [5, 5.41) is 12.1. The molecular weight excluding hydrogens is 350 g/mol. The first kappa shape index (κ1) is 17.7. The topological polar surface area (TPSA) is 86.8 Å². The molecule has 2 heterocycles. The second kappa shape index (κ2) is 7.49. The van der Waals surface area contributed by atoms with Crippen molar-refractivity contribution in [2.24, 2.45) is 0 Å². The van der Waals surface area contributed by atoms with Gasteiger partial charge in [-0.2, -0.15) is 9.78 Å². The van der Waals surface area contributed by atoms with Gasteiger partial charge in [0.15, 0.2) is 0 Å². The summed E-state index contributed by atoms with van der Waals surface area (Å²) in [5.74, 6) is 0.403. The Kier molecular flexibility index (Phi) is 4.73. The maximum Gasteiger partial charge on any atom is 0.277 e. The Morgan fingerprint density at radius 2 is 1.93 bits per heavy atom. The zero-order valence-electron chi connectivity index (χ0n) is 15.5. The highest BCUT2D eigenvalue weighted by Crippen LogP contribution is 2.24. The van der Waals surface area contributed by atoms with Crippen molar-refractivity contribution < 1.29 is 0 Å². The first-order valence-electron chi connectivity index (χ1n) is 9.23. The molecule has 0 aliphatic carbocycles. The van der Waals surface area contributed by atoms with E-state index in [-0.39, 0.29) is 5.56 Å². The minimum absolute atomic E-state index is 0.107. The number of hydrogen-bond acceptors (Lipinski definition) is 4. The van der Waals surface area contributed by atoms with Crippen molar-refractivity contribution >= 4 is 5.78 Å². The minimum Gasteiger partial charge on any atom is -0.278 e. The van der Waals surface area contributed by atoms with E-state index in [0.29, 0.717) is 23.3 Å². The van der Waals surface area contributed by atoms with Crippen molar-refractivity contribution in [3.63, 3.8) is 0 Å². The molecule has 6 nitrogen and oxygen atoms in total. The van der Waals surface area contributed by atoms with Crippen molar-refractivity contribution in [3.8, 4) is 17.2 Å². The maximum absolute atomic E-state index is 12.9. The number of hydrogen-bond donors (Lipinski definition) is 1. The highest BCUT2D eigenvalue weighted by atomic mass is 16.1. The van der Waals surface area contributed by atoms with E-state index in [1.807, 2.05) is 48.5 Å². The van der Waals surface area contributed by atoms with Gasteiger partial charge in [-0.15, -0.1) is 0 Å². The van der Waals surface area contributed by atoms with E-state index in [1.54, 1.807) is 0 Å². The van der Waals surface area contributed by atoms with E-state index in [2.05, 4.69) is 28.1 Å². The van der Waals surface area contributed by atoms with Crippen LogP contribution >= 0.6 is 0 Å². The minimum atomic E-state index is -0.107. The first-order valence-corrected chi connectivity index (χ1v) is 9.23. The van der Waals surface area contributed by atoms with Crippen molar-refractivity contribution in [1.82, 2.24) is 19.6 Å². The van der Waals surface area contributed by atoms with Crippen molar-refractivity contribution in [1.29, 1.82) is 5.26 Å². The highest BCUT2D eigenvalue weighted by Gasteiger charge is 2.14. The second-order valence-corrected chi connectivity index (χ2v) is 6.65. The molecule has 2 aromatic heterocycles. The van der Waals surface area contributed by atoms with Gasteiger partial charge in [0, 0.05) is 12.0 Å². The van der Waals surface area contributed by atoms with Gasteiger partial charge in [-0.25, -0.2) is 9.97 Å². The van der Waals surface area contributed by atoms with Gasteiger partial charge in [0.1, 0.15) is 6.33 Å². The van der Waals surface area contributed by atoms with Gasteiger partial charge in [0.2, 0.25) is 0 Å². The number of fused-ring (bicyclic) bond motifs is 1. The van der Waals surface area contributed by atoms with E-state index < -0.39 is 0 Å². The highest BCUT2D eigenvalue weighted by molar-refractivity contribution is 5.70. The molecule has 0 atom stereocenters. The van der Waals surface area contributed by atoms with Crippen LogP contribution in [0.15, 0.2) is 59.7 Å². The summed E-state index contributed by atoms with van der Waals surface area (Å²) in [6.07, 6.45) is 3.62. The Morgan fingerprint density at radius 3 is 2.68 bits per heavy atom. The lowest BCUT2D eigenvalue weighted by molar-refractivity contribution is 0.807. The van der Waals surface area contributed by atoms with Gasteiger partial charge in [0.25, 0.3) is 11.3 Å². The lowest BCUT2D eigenvalue weighted by Crippen LogP contribution is -2.23. The van der Waals surface area contributed by atoms with Crippen molar-refractivity contribution in [2.75, 3.05) is 0 Å². The van der Waals surface area contributed by atoms with Crippen LogP contribution < -0.4 is 5.56 Å². The van der Waals surface area contributed by atoms with Crippen LogP contribution in [0.3, 0.4) is 0 Å². The lowest BCUT2D eigenvalue weighted by atomic mass is 9.97. The van der Waals surface area contributed by atoms with Gasteiger partial charge < -0.3 is 0 Å². The summed E-state index contributed by atoms with van der Waals surface area (Å²) in [6, 6.07) is 17.7. The number of nitriles is 1. The fraction of sp³-hybridized carbons (Fsp3) is 0.182. The number of aryl methyl sites for hydroxylation is 1. The number of H-pyrrole nitrogens is 1. The molecule has 0 spiro atoms. The third-order valence-electron chi connectivity index (χ3n) is 4.79. The SMILES string of the molecule is CCCc1nc2nc[nH]n2c(=O)c1Cc1ccc(-c2ccccc2C#N)cc1. The largest absolute Gasteiger partial charge is 0.278 e. The number of benzene rings is 2. The van der Waals surface area contributed by atoms with Gasteiger partial charge in [-0.1, -0.05) is 55.8 Å². The Labute approximate surface area is 162 Å². The summed E-state index contributed by atoms with van der Waals surface area (Å²) >= 11 is 0. The van der Waals surface area contributed by atoms with Crippen LogP contribution in [0.1, 0.15) is 35.7 Å². The van der Waals surface area contributed by atoms with E-state index in [4.69, 9.17) is 0 Å². The fourth-order valence-electron chi connectivity index (χ4n) is 3.39. The number of rotatable bonds is 5. The summed E-state index contributed by atoms with van der Waals surface area (Å²) in [6.45, 7) is 2.07. The quantitative estimate of drug-likeness (QED) is 0.583. The Morgan fingerprint density at radius 1 is 1.14 bits per heavy atom. The monoisotopic (exact) mass is 369 g/mol. The van der Waals surface area contributed by atoms with Gasteiger partial charge in [0.05, 0.1) is 17.3 Å². The van der Waals surface area contributed by atoms with Gasteiger partial charge in [-0.3, -0.25) is 9.89 Å². The van der Waals surface area contributed by atoms with E-state index in [9.17, 15) is 10.1 Å². The van der Waals surface area contributed by atoms with Crippen LogP contribution in [0.5, 0.6) is 0 Å². The molecule has 138 valence electrons. The van der Waals surface area contributed by atoms with Gasteiger partial charge >= 0.3 is 0 Å². The zero-order chi connectivity index (χ0) is 19.5. The maximum atomic E-state index is 12.9.